The second-order valence-electron chi connectivity index (χ2n) is 7.84. The van der Waals surface area contributed by atoms with Crippen LogP contribution >= 0.6 is 0 Å². The van der Waals surface area contributed by atoms with Crippen LogP contribution in [0.15, 0.2) is 0 Å². The second-order valence-corrected chi connectivity index (χ2v) is 7.84. The third-order valence-corrected chi connectivity index (χ3v) is 6.31. The predicted octanol–water partition coefficient (Wildman–Crippen LogP) is 2.93. The number of hydrogen-bond donors (Lipinski definition) is 2. The lowest BCUT2D eigenvalue weighted by Crippen LogP contribution is -2.56. The molecule has 0 aromatic heterocycles. The van der Waals surface area contributed by atoms with Crippen LogP contribution in [0.1, 0.15) is 64.7 Å². The maximum absolute atomic E-state index is 12.2. The van der Waals surface area contributed by atoms with E-state index in [-0.39, 0.29) is 23.7 Å². The number of carbonyl (C=O) groups is 1. The monoisotopic (exact) mass is 318 g/mol. The van der Waals surface area contributed by atoms with Crippen molar-refractivity contribution in [1.82, 2.24) is 0 Å². The fourth-order valence-corrected chi connectivity index (χ4v) is 5.09. The molecule has 128 valence electrons. The molecule has 0 aliphatic heterocycles. The van der Waals surface area contributed by atoms with Gasteiger partial charge in [0.25, 0.3) is 0 Å². The molecule has 3 saturated carbocycles. The molecule has 0 heterocycles. The van der Waals surface area contributed by atoms with Gasteiger partial charge in [-0.25, -0.2) is 0 Å². The van der Waals surface area contributed by atoms with Crippen molar-refractivity contribution in [3.05, 3.63) is 0 Å². The highest BCUT2D eigenvalue weighted by molar-refractivity contribution is 5.90. The van der Waals surface area contributed by atoms with Gasteiger partial charge < -0.3 is 10.2 Å². The van der Waals surface area contributed by atoms with Gasteiger partial charge in [0, 0.05) is 11.8 Å². The number of fused-ring (bicyclic) bond motifs is 1. The van der Waals surface area contributed by atoms with Crippen molar-refractivity contribution < 1.29 is 15.0 Å². The minimum atomic E-state index is -0.578. The third kappa shape index (κ3) is 3.49. The molecule has 0 radical (unpaired) electrons. The Morgan fingerprint density at radius 2 is 1.96 bits per heavy atom. The molecule has 3 rings (SSSR count). The van der Waals surface area contributed by atoms with Crippen LogP contribution in [0.4, 0.5) is 0 Å². The molecule has 23 heavy (non-hydrogen) atoms. The second kappa shape index (κ2) is 7.36. The zero-order chi connectivity index (χ0) is 16.4. The summed E-state index contributed by atoms with van der Waals surface area (Å²) in [4.78, 5) is 12.2. The fourth-order valence-electron chi connectivity index (χ4n) is 5.09. The molecule has 3 fully saturated rings. The molecule has 0 aromatic rings. The first kappa shape index (κ1) is 17.0. The van der Waals surface area contributed by atoms with Crippen molar-refractivity contribution >= 4 is 5.78 Å². The number of hydrogen-bond acceptors (Lipinski definition) is 3. The van der Waals surface area contributed by atoms with E-state index in [2.05, 4.69) is 18.8 Å². The summed E-state index contributed by atoms with van der Waals surface area (Å²) in [6.07, 6.45) is 8.12. The Morgan fingerprint density at radius 3 is 2.65 bits per heavy atom. The van der Waals surface area contributed by atoms with Gasteiger partial charge in [0.15, 0.2) is 0 Å². The molecule has 0 spiro atoms. The highest BCUT2D eigenvalue weighted by Crippen LogP contribution is 2.51. The van der Waals surface area contributed by atoms with E-state index in [0.717, 1.165) is 25.7 Å². The lowest BCUT2D eigenvalue weighted by Gasteiger charge is -2.50. The Morgan fingerprint density at radius 1 is 1.22 bits per heavy atom. The first-order valence-corrected chi connectivity index (χ1v) is 9.52. The van der Waals surface area contributed by atoms with Crippen LogP contribution in [0.3, 0.4) is 0 Å². The molecule has 0 saturated heterocycles. The topological polar surface area (TPSA) is 57.5 Å². The molecular formula is C20H30O3. The van der Waals surface area contributed by atoms with E-state index in [1.165, 1.54) is 25.7 Å². The van der Waals surface area contributed by atoms with Crippen LogP contribution in [-0.4, -0.2) is 28.2 Å². The van der Waals surface area contributed by atoms with Crippen LogP contribution in [0, 0.1) is 41.4 Å². The number of aliphatic hydroxyl groups is 2. The van der Waals surface area contributed by atoms with E-state index in [0.29, 0.717) is 18.1 Å². The molecule has 0 amide bonds. The van der Waals surface area contributed by atoms with Gasteiger partial charge in [-0.05, 0) is 37.5 Å². The number of carbonyl (C=O) groups excluding carboxylic acids is 1. The molecule has 6 atom stereocenters. The molecule has 1 unspecified atom stereocenters. The van der Waals surface area contributed by atoms with Gasteiger partial charge in [0.05, 0.1) is 12.0 Å². The normalized spacial score (nSPS) is 38.4. The minimum Gasteiger partial charge on any atom is -0.392 e. The third-order valence-electron chi connectivity index (χ3n) is 6.31. The molecule has 2 N–H and O–H groups in total. The minimum absolute atomic E-state index is 0.0891. The maximum Gasteiger partial charge on any atom is 0.139 e. The summed E-state index contributed by atoms with van der Waals surface area (Å²) in [6.45, 7) is 2.10. The van der Waals surface area contributed by atoms with Gasteiger partial charge >= 0.3 is 0 Å². The van der Waals surface area contributed by atoms with E-state index < -0.39 is 12.2 Å². The Hall–Kier alpha value is -0.850. The largest absolute Gasteiger partial charge is 0.392 e. The highest BCUT2D eigenvalue weighted by Gasteiger charge is 2.55. The zero-order valence-corrected chi connectivity index (χ0v) is 14.2. The number of aliphatic hydroxyl groups excluding tert-OH is 2. The van der Waals surface area contributed by atoms with E-state index >= 15 is 0 Å². The maximum atomic E-state index is 12.2. The first-order valence-electron chi connectivity index (χ1n) is 9.52. The summed E-state index contributed by atoms with van der Waals surface area (Å²) >= 11 is 0. The van der Waals surface area contributed by atoms with Gasteiger partial charge in [0.2, 0.25) is 0 Å². The Bertz CT molecular complexity index is 483. The van der Waals surface area contributed by atoms with Crippen molar-refractivity contribution in [2.24, 2.45) is 29.6 Å². The Kier molecular flexibility index (Phi) is 5.44. The number of Topliss-reactive ketones (excluding diaryl/α,β-unsaturated/α-hetero) is 1. The van der Waals surface area contributed by atoms with Crippen LogP contribution in [0.25, 0.3) is 0 Å². The number of ketones is 1. The summed E-state index contributed by atoms with van der Waals surface area (Å²) in [5.74, 6) is 7.49. The van der Waals surface area contributed by atoms with Crippen molar-refractivity contribution in [2.45, 2.75) is 76.9 Å². The smallest absolute Gasteiger partial charge is 0.139 e. The summed E-state index contributed by atoms with van der Waals surface area (Å²) in [5, 5.41) is 20.6. The lowest BCUT2D eigenvalue weighted by molar-refractivity contribution is -0.154. The number of rotatable bonds is 4. The van der Waals surface area contributed by atoms with Gasteiger partial charge in [-0.15, -0.1) is 0 Å². The highest BCUT2D eigenvalue weighted by atomic mass is 16.3. The molecule has 0 bridgehead atoms. The van der Waals surface area contributed by atoms with Crippen LogP contribution in [-0.2, 0) is 4.79 Å². The van der Waals surface area contributed by atoms with E-state index in [1.807, 2.05) is 0 Å². The van der Waals surface area contributed by atoms with Crippen molar-refractivity contribution in [2.75, 3.05) is 0 Å². The van der Waals surface area contributed by atoms with Crippen LogP contribution < -0.4 is 0 Å². The molecule has 3 heteroatoms. The van der Waals surface area contributed by atoms with Gasteiger partial charge in [-0.2, -0.15) is 0 Å². The SMILES string of the molecule is CCCC1C(=O)[C@H]2CC[C@@H](O)[C@H](C#C[C@@H](O)CC3CCCC3)[C@@H]12. The van der Waals surface area contributed by atoms with Crippen molar-refractivity contribution in [1.29, 1.82) is 0 Å². The summed E-state index contributed by atoms with van der Waals surface area (Å²) in [5.41, 5.74) is 0. The molecule has 3 aliphatic carbocycles. The van der Waals surface area contributed by atoms with E-state index in [1.54, 1.807) is 0 Å². The summed E-state index contributed by atoms with van der Waals surface area (Å²) < 4.78 is 0. The van der Waals surface area contributed by atoms with Crippen molar-refractivity contribution in [3.8, 4) is 11.8 Å². The molecular weight excluding hydrogens is 288 g/mol. The van der Waals surface area contributed by atoms with Crippen molar-refractivity contribution in [3.63, 3.8) is 0 Å². The zero-order valence-electron chi connectivity index (χ0n) is 14.2. The Labute approximate surface area is 139 Å². The first-order chi connectivity index (χ1) is 11.1. The molecule has 3 aliphatic rings. The lowest BCUT2D eigenvalue weighted by atomic mass is 9.52. The summed E-state index contributed by atoms with van der Waals surface area (Å²) in [6, 6.07) is 0. The quantitative estimate of drug-likeness (QED) is 0.784. The van der Waals surface area contributed by atoms with Gasteiger partial charge in [-0.1, -0.05) is 50.9 Å². The van der Waals surface area contributed by atoms with Gasteiger partial charge in [-0.3, -0.25) is 4.79 Å². The predicted molar refractivity (Wildman–Crippen MR) is 89.5 cm³/mol. The Balaban J connectivity index is 1.64. The molecule has 3 nitrogen and oxygen atoms in total. The van der Waals surface area contributed by atoms with E-state index in [4.69, 9.17) is 0 Å². The average molecular weight is 318 g/mol. The fraction of sp³-hybridized carbons (Fsp3) is 0.850. The summed E-state index contributed by atoms with van der Waals surface area (Å²) in [7, 11) is 0. The van der Waals surface area contributed by atoms with Crippen LogP contribution in [0.5, 0.6) is 0 Å². The molecule has 0 aromatic carbocycles. The average Bonchev–Trinajstić information content (AvgIpc) is 3.04. The van der Waals surface area contributed by atoms with E-state index in [9.17, 15) is 15.0 Å². The standard InChI is InChI=1S/C20H30O3/c1-2-5-16-19-15(18(22)11-10-17(19)20(16)23)9-8-14(21)12-13-6-3-4-7-13/h13-19,21-22H,2-7,10-12H2,1H3/t14-,15+,16?,17+,18-,19+/m1/s1. The van der Waals surface area contributed by atoms with Crippen LogP contribution in [0.2, 0.25) is 0 Å². The van der Waals surface area contributed by atoms with Gasteiger partial charge in [0.1, 0.15) is 11.9 Å².